The Morgan fingerprint density at radius 3 is 1.55 bits per heavy atom. The fraction of sp³-hybridized carbons (Fsp3) is 0.0200. The highest BCUT2D eigenvalue weighted by Crippen LogP contribution is 2.42. The third kappa shape index (κ3) is 4.81. The largest absolute Gasteiger partial charge is 0.265 e. The van der Waals surface area contributed by atoms with Crippen molar-refractivity contribution < 1.29 is 0 Å². The van der Waals surface area contributed by atoms with Crippen molar-refractivity contribution in [2.24, 2.45) is 0 Å². The van der Waals surface area contributed by atoms with Crippen molar-refractivity contribution in [1.29, 1.82) is 0 Å². The van der Waals surface area contributed by atoms with Gasteiger partial charge in [-0.2, -0.15) is 0 Å². The van der Waals surface area contributed by atoms with Gasteiger partial charge in [-0.3, -0.25) is 4.98 Å². The van der Waals surface area contributed by atoms with Crippen molar-refractivity contribution in [3.63, 3.8) is 0 Å². The van der Waals surface area contributed by atoms with Crippen LogP contribution < -0.4 is 0 Å². The molecule has 0 fully saturated rings. The van der Waals surface area contributed by atoms with E-state index in [2.05, 4.69) is 182 Å². The summed E-state index contributed by atoms with van der Waals surface area (Å²) in [5, 5.41) is 12.8. The Balaban J connectivity index is 1.12. The lowest BCUT2D eigenvalue weighted by atomic mass is 9.87. The Morgan fingerprint density at radius 1 is 0.314 bits per heavy atom. The third-order valence-electron chi connectivity index (χ3n) is 10.7. The van der Waals surface area contributed by atoms with Crippen molar-refractivity contribution in [2.75, 3.05) is 0 Å². The van der Waals surface area contributed by atoms with E-state index >= 15 is 0 Å². The molecule has 0 amide bonds. The Labute approximate surface area is 297 Å². The van der Waals surface area contributed by atoms with Gasteiger partial charge >= 0.3 is 0 Å². The van der Waals surface area contributed by atoms with Gasteiger partial charge in [-0.15, -0.1) is 0 Å². The lowest BCUT2D eigenvalue weighted by Gasteiger charge is -2.16. The van der Waals surface area contributed by atoms with Crippen molar-refractivity contribution in [3.05, 3.63) is 188 Å². The van der Waals surface area contributed by atoms with E-state index in [1.54, 1.807) is 0 Å². The van der Waals surface area contributed by atoms with E-state index in [4.69, 9.17) is 0 Å². The van der Waals surface area contributed by atoms with Crippen molar-refractivity contribution in [1.82, 2.24) is 4.98 Å². The molecule has 9 aromatic carbocycles. The zero-order valence-corrected chi connectivity index (χ0v) is 28.3. The molecule has 1 aromatic heterocycles. The minimum atomic E-state index is 1.17. The topological polar surface area (TPSA) is 12.9 Å². The van der Waals surface area contributed by atoms with Crippen LogP contribution in [0.4, 0.5) is 0 Å². The van der Waals surface area contributed by atoms with E-state index in [1.165, 1.54) is 104 Å². The van der Waals surface area contributed by atoms with Crippen molar-refractivity contribution in [2.45, 2.75) is 6.92 Å². The van der Waals surface area contributed by atoms with Crippen LogP contribution in [0.2, 0.25) is 0 Å². The Bertz CT molecular complexity index is 2960. The van der Waals surface area contributed by atoms with Crippen LogP contribution >= 0.6 is 0 Å². The molecule has 0 saturated heterocycles. The Hall–Kier alpha value is -6.57. The number of nitrogens with zero attached hydrogens (tertiary/aromatic N) is 1. The normalized spacial score (nSPS) is 11.6. The van der Waals surface area contributed by atoms with Gasteiger partial charge in [0.1, 0.15) is 0 Å². The molecule has 238 valence electrons. The highest BCUT2D eigenvalue weighted by atomic mass is 14.6. The van der Waals surface area contributed by atoms with E-state index in [0.717, 1.165) is 0 Å². The molecule has 0 radical (unpaired) electrons. The van der Waals surface area contributed by atoms with Crippen LogP contribution in [0.1, 0.15) is 5.56 Å². The summed E-state index contributed by atoms with van der Waals surface area (Å²) in [4.78, 5) is 4.17. The van der Waals surface area contributed by atoms with E-state index in [0.29, 0.717) is 0 Å². The molecule has 0 saturated carbocycles. The second-order valence-corrected chi connectivity index (χ2v) is 13.6. The summed E-state index contributed by atoms with van der Waals surface area (Å²) in [5.74, 6) is 0. The molecular formula is C50H33N. The summed E-state index contributed by atoms with van der Waals surface area (Å²) < 4.78 is 0. The summed E-state index contributed by atoms with van der Waals surface area (Å²) in [5.41, 5.74) is 11.2. The standard InChI is InChI=1S/C50H33N/c1-32-7-4-8-36-19-20-38-10-6-14-47(50(38)48(32)36)46-13-5-9-37-21-22-40-31-39(23-24-43(40)49(37)46)42-26-25-41(44-11-2-3-12-45(42)44)35-17-15-33(16-18-35)34-27-29-51-30-28-34/h2-31H,1H3. The fourth-order valence-corrected chi connectivity index (χ4v) is 8.26. The monoisotopic (exact) mass is 647 g/mol. The number of aromatic nitrogens is 1. The van der Waals surface area contributed by atoms with E-state index < -0.39 is 0 Å². The smallest absolute Gasteiger partial charge is 0.0273 e. The first-order valence-electron chi connectivity index (χ1n) is 17.6. The molecule has 0 bridgehead atoms. The molecule has 0 spiro atoms. The number of hydrogen-bond donors (Lipinski definition) is 0. The molecule has 1 nitrogen and oxygen atoms in total. The van der Waals surface area contributed by atoms with Crippen molar-refractivity contribution >= 4 is 53.9 Å². The SMILES string of the molecule is Cc1cccc2ccc3cccc(-c4cccc5ccc6cc(-c7ccc(-c8ccc(-c9ccncc9)cc8)c8ccccc78)ccc6c45)c3c12. The molecule has 0 aliphatic carbocycles. The van der Waals surface area contributed by atoms with Crippen LogP contribution in [-0.2, 0) is 0 Å². The van der Waals surface area contributed by atoms with Crippen LogP contribution in [0.25, 0.3) is 98.4 Å². The summed E-state index contributed by atoms with van der Waals surface area (Å²) in [7, 11) is 0. The summed E-state index contributed by atoms with van der Waals surface area (Å²) in [6.07, 6.45) is 3.69. The fourth-order valence-electron chi connectivity index (χ4n) is 8.26. The minimum Gasteiger partial charge on any atom is -0.265 e. The van der Waals surface area contributed by atoms with Gasteiger partial charge in [0.05, 0.1) is 0 Å². The van der Waals surface area contributed by atoms with Gasteiger partial charge in [-0.1, -0.05) is 152 Å². The molecule has 0 atom stereocenters. The number of pyridine rings is 1. The second-order valence-electron chi connectivity index (χ2n) is 13.6. The molecule has 10 rings (SSSR count). The summed E-state index contributed by atoms with van der Waals surface area (Å²) in [6.45, 7) is 2.23. The maximum atomic E-state index is 4.17. The van der Waals surface area contributed by atoms with Crippen LogP contribution in [0, 0.1) is 6.92 Å². The third-order valence-corrected chi connectivity index (χ3v) is 10.7. The van der Waals surface area contributed by atoms with E-state index in [-0.39, 0.29) is 0 Å². The molecule has 51 heavy (non-hydrogen) atoms. The number of fused-ring (bicyclic) bond motifs is 7. The van der Waals surface area contributed by atoms with Gasteiger partial charge in [-0.05, 0) is 129 Å². The zero-order chi connectivity index (χ0) is 33.9. The zero-order valence-electron chi connectivity index (χ0n) is 28.3. The number of aryl methyl sites for hydroxylation is 1. The molecular weight excluding hydrogens is 615 g/mol. The first kappa shape index (κ1) is 29.4. The molecule has 0 aliphatic heterocycles. The maximum absolute atomic E-state index is 4.17. The van der Waals surface area contributed by atoms with Gasteiger partial charge in [0.2, 0.25) is 0 Å². The molecule has 10 aromatic rings. The Morgan fingerprint density at radius 2 is 0.843 bits per heavy atom. The number of rotatable bonds is 4. The average molecular weight is 648 g/mol. The molecule has 0 unspecified atom stereocenters. The van der Waals surface area contributed by atoms with Crippen LogP contribution in [0.15, 0.2) is 182 Å². The van der Waals surface area contributed by atoms with E-state index in [1.807, 2.05) is 12.4 Å². The average Bonchev–Trinajstić information content (AvgIpc) is 3.20. The highest BCUT2D eigenvalue weighted by molar-refractivity contribution is 6.22. The van der Waals surface area contributed by atoms with Crippen LogP contribution in [0.5, 0.6) is 0 Å². The summed E-state index contributed by atoms with van der Waals surface area (Å²) in [6, 6.07) is 62.6. The minimum absolute atomic E-state index is 1.17. The number of hydrogen-bond acceptors (Lipinski definition) is 1. The van der Waals surface area contributed by atoms with Gasteiger partial charge in [0.15, 0.2) is 0 Å². The second kappa shape index (κ2) is 11.8. The molecule has 1 heterocycles. The van der Waals surface area contributed by atoms with Gasteiger partial charge in [0.25, 0.3) is 0 Å². The molecule has 1 heteroatoms. The highest BCUT2D eigenvalue weighted by Gasteiger charge is 2.15. The summed E-state index contributed by atoms with van der Waals surface area (Å²) >= 11 is 0. The van der Waals surface area contributed by atoms with Gasteiger partial charge < -0.3 is 0 Å². The van der Waals surface area contributed by atoms with Gasteiger partial charge in [0, 0.05) is 12.4 Å². The predicted molar refractivity (Wildman–Crippen MR) is 218 cm³/mol. The van der Waals surface area contributed by atoms with Crippen molar-refractivity contribution in [3.8, 4) is 44.5 Å². The molecule has 0 aliphatic rings. The van der Waals surface area contributed by atoms with E-state index in [9.17, 15) is 0 Å². The predicted octanol–water partition coefficient (Wildman–Crippen LogP) is 13.8. The Kier molecular flexibility index (Phi) is 6.79. The van der Waals surface area contributed by atoms with Gasteiger partial charge in [-0.25, -0.2) is 0 Å². The van der Waals surface area contributed by atoms with Crippen LogP contribution in [-0.4, -0.2) is 4.98 Å². The molecule has 0 N–H and O–H groups in total. The first-order valence-corrected chi connectivity index (χ1v) is 17.6. The number of benzene rings is 9. The quantitative estimate of drug-likeness (QED) is 0.173. The lowest BCUT2D eigenvalue weighted by molar-refractivity contribution is 1.33. The van der Waals surface area contributed by atoms with Crippen LogP contribution in [0.3, 0.4) is 0 Å². The lowest BCUT2D eigenvalue weighted by Crippen LogP contribution is -1.89. The maximum Gasteiger partial charge on any atom is 0.0273 e. The first-order chi connectivity index (χ1) is 25.2.